The van der Waals surface area contributed by atoms with E-state index in [9.17, 15) is 20.0 Å². The summed E-state index contributed by atoms with van der Waals surface area (Å²) < 4.78 is 0. The monoisotopic (exact) mass is 290 g/mol. The molecule has 112 valence electrons. The van der Waals surface area contributed by atoms with E-state index in [1.165, 1.54) is 12.1 Å². The number of fused-ring (bicyclic) bond motifs is 2. The van der Waals surface area contributed by atoms with E-state index in [2.05, 4.69) is 11.8 Å². The third kappa shape index (κ3) is 2.29. The predicted molar refractivity (Wildman–Crippen MR) is 75.9 cm³/mol. The van der Waals surface area contributed by atoms with Gasteiger partial charge in [-0.1, -0.05) is 12.1 Å². The number of hydrogen-bond donors (Lipinski definition) is 1. The van der Waals surface area contributed by atoms with Crippen molar-refractivity contribution in [1.29, 1.82) is 0 Å². The van der Waals surface area contributed by atoms with Crippen molar-refractivity contribution in [2.24, 2.45) is 5.92 Å². The second-order valence-electron chi connectivity index (χ2n) is 5.95. The molecule has 0 radical (unpaired) electrons. The van der Waals surface area contributed by atoms with Crippen LogP contribution in [0.2, 0.25) is 0 Å². The van der Waals surface area contributed by atoms with E-state index in [4.69, 9.17) is 0 Å². The summed E-state index contributed by atoms with van der Waals surface area (Å²) in [5.41, 5.74) is 1.09. The lowest BCUT2D eigenvalue weighted by molar-refractivity contribution is -0.384. The van der Waals surface area contributed by atoms with E-state index >= 15 is 0 Å². The Balaban J connectivity index is 1.81. The molecule has 2 aliphatic rings. The molecule has 6 heteroatoms. The molecule has 0 amide bonds. The SMILES string of the molecule is CC(c1ccc([N+](=O)[O-])cc1)N1C2CCC1C(C(=O)O)C2. The third-order valence-corrected chi connectivity index (χ3v) is 4.94. The van der Waals surface area contributed by atoms with Gasteiger partial charge in [-0.2, -0.15) is 0 Å². The lowest BCUT2D eigenvalue weighted by atomic mass is 9.89. The van der Waals surface area contributed by atoms with Crippen molar-refractivity contribution in [2.75, 3.05) is 0 Å². The van der Waals surface area contributed by atoms with Gasteiger partial charge in [-0.3, -0.25) is 19.8 Å². The molecule has 0 saturated carbocycles. The molecule has 0 spiro atoms. The standard InChI is InChI=1S/C15H18N2O4/c1-9(10-2-4-11(5-3-10)17(20)21)16-12-6-7-14(16)13(8-12)15(18)19/h2-5,9,12-14H,6-8H2,1H3,(H,18,19). The molecule has 4 atom stereocenters. The van der Waals surface area contributed by atoms with E-state index in [1.807, 2.05) is 0 Å². The fourth-order valence-corrected chi connectivity index (χ4v) is 3.95. The molecule has 1 aromatic carbocycles. The van der Waals surface area contributed by atoms with Gasteiger partial charge in [-0.15, -0.1) is 0 Å². The van der Waals surface area contributed by atoms with Crippen LogP contribution in [0.1, 0.15) is 37.8 Å². The zero-order valence-corrected chi connectivity index (χ0v) is 11.8. The molecule has 6 nitrogen and oxygen atoms in total. The van der Waals surface area contributed by atoms with Crippen LogP contribution in [0, 0.1) is 16.0 Å². The molecule has 3 rings (SSSR count). The third-order valence-electron chi connectivity index (χ3n) is 4.94. The summed E-state index contributed by atoms with van der Waals surface area (Å²) in [4.78, 5) is 23.9. The van der Waals surface area contributed by atoms with Crippen molar-refractivity contribution >= 4 is 11.7 Å². The highest BCUT2D eigenvalue weighted by atomic mass is 16.6. The lowest BCUT2D eigenvalue weighted by Gasteiger charge is -2.30. The quantitative estimate of drug-likeness (QED) is 0.680. The van der Waals surface area contributed by atoms with Crippen LogP contribution >= 0.6 is 0 Å². The molecule has 2 aliphatic heterocycles. The molecule has 21 heavy (non-hydrogen) atoms. The smallest absolute Gasteiger partial charge is 0.308 e. The summed E-state index contributed by atoms with van der Waals surface area (Å²) >= 11 is 0. The van der Waals surface area contributed by atoms with E-state index in [1.54, 1.807) is 12.1 Å². The molecule has 2 bridgehead atoms. The van der Waals surface area contributed by atoms with Crippen molar-refractivity contribution < 1.29 is 14.8 Å². The Bertz CT molecular complexity index is 572. The minimum atomic E-state index is -0.705. The van der Waals surface area contributed by atoms with Gasteiger partial charge in [0.15, 0.2) is 0 Å². The predicted octanol–water partition coefficient (Wildman–Crippen LogP) is 2.59. The van der Waals surface area contributed by atoms with Crippen LogP contribution in [0.15, 0.2) is 24.3 Å². The molecule has 0 aliphatic carbocycles. The summed E-state index contributed by atoms with van der Waals surface area (Å²) in [6.45, 7) is 2.05. The second-order valence-corrected chi connectivity index (χ2v) is 5.95. The number of aliphatic carboxylic acids is 1. The van der Waals surface area contributed by atoms with Gasteiger partial charge in [0.1, 0.15) is 0 Å². The minimum Gasteiger partial charge on any atom is -0.481 e. The fourth-order valence-electron chi connectivity index (χ4n) is 3.95. The zero-order chi connectivity index (χ0) is 15.1. The van der Waals surface area contributed by atoms with E-state index in [0.717, 1.165) is 24.8 Å². The van der Waals surface area contributed by atoms with Crippen LogP contribution in [0.4, 0.5) is 5.69 Å². The van der Waals surface area contributed by atoms with Crippen LogP contribution in [0.5, 0.6) is 0 Å². The molecule has 2 saturated heterocycles. The molecule has 2 heterocycles. The molecular formula is C15H18N2O4. The number of nitrogens with zero attached hydrogens (tertiary/aromatic N) is 2. The largest absolute Gasteiger partial charge is 0.481 e. The molecule has 4 unspecified atom stereocenters. The maximum absolute atomic E-state index is 11.3. The summed E-state index contributed by atoms with van der Waals surface area (Å²) in [6.07, 6.45) is 2.70. The number of rotatable bonds is 4. The highest BCUT2D eigenvalue weighted by Crippen LogP contribution is 2.46. The fraction of sp³-hybridized carbons (Fsp3) is 0.533. The Morgan fingerprint density at radius 1 is 1.38 bits per heavy atom. The van der Waals surface area contributed by atoms with Gasteiger partial charge in [0.25, 0.3) is 5.69 Å². The Morgan fingerprint density at radius 2 is 2.05 bits per heavy atom. The minimum absolute atomic E-state index is 0.0822. The normalized spacial score (nSPS) is 29.5. The summed E-state index contributed by atoms with van der Waals surface area (Å²) in [7, 11) is 0. The highest BCUT2D eigenvalue weighted by molar-refractivity contribution is 5.71. The van der Waals surface area contributed by atoms with Gasteiger partial charge in [0.05, 0.1) is 10.8 Å². The number of carboxylic acids is 1. The van der Waals surface area contributed by atoms with Gasteiger partial charge in [-0.05, 0) is 31.7 Å². The topological polar surface area (TPSA) is 83.7 Å². The lowest BCUT2D eigenvalue weighted by Crippen LogP contribution is -2.34. The molecule has 1 aromatic rings. The van der Waals surface area contributed by atoms with Crippen LogP contribution < -0.4 is 0 Å². The number of carbonyl (C=O) groups is 1. The Morgan fingerprint density at radius 3 is 2.57 bits per heavy atom. The first kappa shape index (κ1) is 14.0. The first-order valence-corrected chi connectivity index (χ1v) is 7.23. The number of benzene rings is 1. The highest BCUT2D eigenvalue weighted by Gasteiger charge is 2.50. The number of nitro benzene ring substituents is 1. The van der Waals surface area contributed by atoms with E-state index in [-0.39, 0.29) is 23.7 Å². The van der Waals surface area contributed by atoms with Gasteiger partial charge >= 0.3 is 5.97 Å². The van der Waals surface area contributed by atoms with Crippen molar-refractivity contribution in [3.63, 3.8) is 0 Å². The average molecular weight is 290 g/mol. The zero-order valence-electron chi connectivity index (χ0n) is 11.8. The maximum atomic E-state index is 11.3. The van der Waals surface area contributed by atoms with Gasteiger partial charge in [-0.25, -0.2) is 0 Å². The van der Waals surface area contributed by atoms with Crippen molar-refractivity contribution in [3.05, 3.63) is 39.9 Å². The first-order chi connectivity index (χ1) is 9.99. The average Bonchev–Trinajstić information content (AvgIpc) is 3.04. The Hall–Kier alpha value is -1.95. The summed E-state index contributed by atoms with van der Waals surface area (Å²) in [5.74, 6) is -0.979. The van der Waals surface area contributed by atoms with Crippen LogP contribution in [0.25, 0.3) is 0 Å². The summed E-state index contributed by atoms with van der Waals surface area (Å²) in [6, 6.07) is 7.08. The molecule has 0 aromatic heterocycles. The Labute approximate surface area is 122 Å². The summed E-state index contributed by atoms with van der Waals surface area (Å²) in [5, 5.41) is 20.0. The first-order valence-electron chi connectivity index (χ1n) is 7.23. The molecule has 1 N–H and O–H groups in total. The number of nitro groups is 1. The van der Waals surface area contributed by atoms with Crippen LogP contribution in [0.3, 0.4) is 0 Å². The van der Waals surface area contributed by atoms with E-state index < -0.39 is 10.9 Å². The van der Waals surface area contributed by atoms with Crippen molar-refractivity contribution in [1.82, 2.24) is 4.90 Å². The van der Waals surface area contributed by atoms with Crippen LogP contribution in [-0.2, 0) is 4.79 Å². The van der Waals surface area contributed by atoms with Crippen molar-refractivity contribution in [2.45, 2.75) is 44.3 Å². The molecule has 2 fully saturated rings. The number of hydrogen-bond acceptors (Lipinski definition) is 4. The van der Waals surface area contributed by atoms with E-state index in [0.29, 0.717) is 6.04 Å². The molecular weight excluding hydrogens is 272 g/mol. The number of non-ortho nitro benzene ring substituents is 1. The maximum Gasteiger partial charge on any atom is 0.308 e. The van der Waals surface area contributed by atoms with Crippen molar-refractivity contribution in [3.8, 4) is 0 Å². The van der Waals surface area contributed by atoms with Gasteiger partial charge in [0, 0.05) is 30.3 Å². The van der Waals surface area contributed by atoms with Gasteiger partial charge < -0.3 is 5.11 Å². The second kappa shape index (κ2) is 5.11. The van der Waals surface area contributed by atoms with Crippen LogP contribution in [-0.4, -0.2) is 33.0 Å². The Kier molecular flexibility index (Phi) is 3.41. The number of carboxylic acid groups (broad SMARTS) is 1. The van der Waals surface area contributed by atoms with Gasteiger partial charge in [0.2, 0.25) is 0 Å².